The predicted molar refractivity (Wildman–Crippen MR) is 119 cm³/mol. The molecule has 0 aliphatic carbocycles. The van der Waals surface area contributed by atoms with Crippen molar-refractivity contribution >= 4 is 33.0 Å². The largest absolute Gasteiger partial charge is 0.348 e. The predicted octanol–water partition coefficient (Wildman–Crippen LogP) is 4.02. The minimum absolute atomic E-state index is 0.0443. The molecule has 31 heavy (non-hydrogen) atoms. The molecule has 0 spiro atoms. The molecule has 1 aliphatic heterocycles. The average Bonchev–Trinajstić information content (AvgIpc) is 3.54. The molecule has 1 amide bonds. The Morgan fingerprint density at radius 2 is 2.16 bits per heavy atom. The Bertz CT molecular complexity index is 1400. The van der Waals surface area contributed by atoms with Gasteiger partial charge in [0.25, 0.3) is 5.91 Å². The number of H-pyrrole nitrogens is 1. The van der Waals surface area contributed by atoms with Crippen LogP contribution in [-0.2, 0) is 12.8 Å². The van der Waals surface area contributed by atoms with E-state index in [-0.39, 0.29) is 11.9 Å². The third-order valence-corrected chi connectivity index (χ3v) is 7.04. The molecule has 7 nitrogen and oxygen atoms in total. The van der Waals surface area contributed by atoms with Crippen LogP contribution in [0.3, 0.4) is 0 Å². The fraction of sp³-hybridized carbons (Fsp3) is 0.217. The van der Waals surface area contributed by atoms with Crippen molar-refractivity contribution in [2.45, 2.75) is 25.8 Å². The highest BCUT2D eigenvalue weighted by molar-refractivity contribution is 7.18. The minimum Gasteiger partial charge on any atom is -0.348 e. The Balaban J connectivity index is 1.46. The molecule has 0 bridgehead atoms. The van der Waals surface area contributed by atoms with E-state index in [4.69, 9.17) is 4.98 Å². The quantitative estimate of drug-likeness (QED) is 0.471. The molecule has 0 unspecified atom stereocenters. The van der Waals surface area contributed by atoms with Crippen molar-refractivity contribution in [3.63, 3.8) is 0 Å². The van der Waals surface area contributed by atoms with Gasteiger partial charge in [-0.15, -0.1) is 11.3 Å². The smallest absolute Gasteiger partial charge is 0.258 e. The normalized spacial score (nSPS) is 16.2. The van der Waals surface area contributed by atoms with E-state index in [0.29, 0.717) is 12.1 Å². The number of nitrogens with one attached hydrogen (secondary N) is 1. The van der Waals surface area contributed by atoms with E-state index < -0.39 is 0 Å². The number of pyridine rings is 1. The zero-order valence-corrected chi connectivity index (χ0v) is 17.8. The third kappa shape index (κ3) is 2.86. The second kappa shape index (κ2) is 7.02. The number of fused-ring (bicyclic) bond motifs is 3. The third-order valence-electron chi connectivity index (χ3n) is 5.95. The Morgan fingerprint density at radius 1 is 1.26 bits per heavy atom. The van der Waals surface area contributed by atoms with Crippen LogP contribution in [0.4, 0.5) is 0 Å². The van der Waals surface area contributed by atoms with Gasteiger partial charge >= 0.3 is 0 Å². The SMILES string of the molecule is CCc1ccc2c(C(=O)N3CCc4[nH]cnc4[C@H]3c3nc4ccccc4s3)cnn2c1. The number of hydrogen-bond donors (Lipinski definition) is 1. The summed E-state index contributed by atoms with van der Waals surface area (Å²) in [6.45, 7) is 2.70. The molecule has 0 fully saturated rings. The molecule has 1 aromatic carbocycles. The molecule has 5 aromatic rings. The lowest BCUT2D eigenvalue weighted by atomic mass is 10.0. The van der Waals surface area contributed by atoms with Crippen LogP contribution in [0, 0.1) is 0 Å². The molecule has 1 atom stereocenters. The number of rotatable bonds is 3. The van der Waals surface area contributed by atoms with Crippen molar-refractivity contribution in [3.05, 3.63) is 82.6 Å². The molecule has 1 N–H and O–H groups in total. The van der Waals surface area contributed by atoms with E-state index in [0.717, 1.165) is 45.0 Å². The maximum atomic E-state index is 13.8. The van der Waals surface area contributed by atoms with Gasteiger partial charge in [-0.1, -0.05) is 25.1 Å². The summed E-state index contributed by atoms with van der Waals surface area (Å²) in [6.07, 6.45) is 7.03. The van der Waals surface area contributed by atoms with Gasteiger partial charge < -0.3 is 9.88 Å². The van der Waals surface area contributed by atoms with E-state index >= 15 is 0 Å². The number of thiazole rings is 1. The van der Waals surface area contributed by atoms with Gasteiger partial charge in [0.2, 0.25) is 0 Å². The Morgan fingerprint density at radius 3 is 3.03 bits per heavy atom. The highest BCUT2D eigenvalue weighted by atomic mass is 32.1. The number of aromatic nitrogens is 5. The van der Waals surface area contributed by atoms with Crippen molar-refractivity contribution in [1.29, 1.82) is 0 Å². The lowest BCUT2D eigenvalue weighted by Crippen LogP contribution is -2.40. The van der Waals surface area contributed by atoms with Gasteiger partial charge in [0.15, 0.2) is 0 Å². The average molecular weight is 429 g/mol. The Kier molecular flexibility index (Phi) is 4.14. The van der Waals surface area contributed by atoms with Gasteiger partial charge in [-0.05, 0) is 30.2 Å². The number of aryl methyl sites for hydroxylation is 1. The maximum Gasteiger partial charge on any atom is 0.258 e. The molecular formula is C23H20N6OS. The summed E-state index contributed by atoms with van der Waals surface area (Å²) < 4.78 is 2.90. The maximum absolute atomic E-state index is 13.8. The summed E-state index contributed by atoms with van der Waals surface area (Å²) in [5, 5.41) is 5.33. The zero-order valence-electron chi connectivity index (χ0n) is 16.9. The van der Waals surface area contributed by atoms with Crippen molar-refractivity contribution < 1.29 is 4.79 Å². The van der Waals surface area contributed by atoms with E-state index in [9.17, 15) is 4.79 Å². The molecule has 5 heterocycles. The van der Waals surface area contributed by atoms with E-state index in [2.05, 4.69) is 34.1 Å². The van der Waals surface area contributed by atoms with Crippen molar-refractivity contribution in [3.8, 4) is 0 Å². The van der Waals surface area contributed by atoms with Gasteiger partial charge in [0.05, 0.1) is 39.5 Å². The number of aromatic amines is 1. The molecule has 154 valence electrons. The molecule has 1 aliphatic rings. The zero-order chi connectivity index (χ0) is 20.9. The lowest BCUT2D eigenvalue weighted by molar-refractivity contribution is 0.0692. The van der Waals surface area contributed by atoms with Gasteiger partial charge in [0, 0.05) is 24.9 Å². The first-order chi connectivity index (χ1) is 15.2. The fourth-order valence-electron chi connectivity index (χ4n) is 4.31. The van der Waals surface area contributed by atoms with E-state index in [1.807, 2.05) is 35.4 Å². The summed E-state index contributed by atoms with van der Waals surface area (Å²) >= 11 is 1.62. The van der Waals surface area contributed by atoms with Crippen LogP contribution in [0.2, 0.25) is 0 Å². The summed E-state index contributed by atoms with van der Waals surface area (Å²) in [4.78, 5) is 28.3. The summed E-state index contributed by atoms with van der Waals surface area (Å²) in [6, 6.07) is 11.8. The molecule has 4 aromatic heterocycles. The monoisotopic (exact) mass is 428 g/mol. The number of para-hydroxylation sites is 1. The second-order valence-corrected chi connectivity index (χ2v) is 8.78. The molecule has 0 saturated carbocycles. The molecule has 8 heteroatoms. The van der Waals surface area contributed by atoms with Gasteiger partial charge in [-0.2, -0.15) is 5.10 Å². The van der Waals surface area contributed by atoms with E-state index in [1.54, 1.807) is 28.4 Å². The highest BCUT2D eigenvalue weighted by Crippen LogP contribution is 2.38. The Labute approximate surface area is 182 Å². The number of nitrogens with zero attached hydrogens (tertiary/aromatic N) is 5. The lowest BCUT2D eigenvalue weighted by Gasteiger charge is -2.33. The molecule has 6 rings (SSSR count). The van der Waals surface area contributed by atoms with Crippen molar-refractivity contribution in [1.82, 2.24) is 29.5 Å². The topological polar surface area (TPSA) is 79.2 Å². The number of amides is 1. The van der Waals surface area contributed by atoms with E-state index in [1.165, 1.54) is 5.56 Å². The minimum atomic E-state index is -0.315. The van der Waals surface area contributed by atoms with Gasteiger partial charge in [-0.25, -0.2) is 14.5 Å². The molecule has 0 radical (unpaired) electrons. The van der Waals surface area contributed by atoms with Crippen LogP contribution in [0.5, 0.6) is 0 Å². The van der Waals surface area contributed by atoms with Crippen LogP contribution in [0.25, 0.3) is 15.7 Å². The Hall–Kier alpha value is -3.52. The van der Waals surface area contributed by atoms with Crippen LogP contribution < -0.4 is 0 Å². The van der Waals surface area contributed by atoms with Crippen LogP contribution >= 0.6 is 11.3 Å². The standard InChI is InChI=1S/C23H20N6OS/c1-2-14-7-8-18-15(11-26-29(18)12-14)23(30)28-10-9-17-20(25-13-24-17)21(28)22-27-16-5-3-4-6-19(16)31-22/h3-8,11-13,21H,2,9-10H2,1H3,(H,24,25)/t21-/m0/s1. The van der Waals surface area contributed by atoms with Crippen molar-refractivity contribution in [2.24, 2.45) is 0 Å². The second-order valence-electron chi connectivity index (χ2n) is 7.72. The van der Waals surface area contributed by atoms with Crippen LogP contribution in [-0.4, -0.2) is 41.9 Å². The first-order valence-corrected chi connectivity index (χ1v) is 11.2. The summed E-state index contributed by atoms with van der Waals surface area (Å²) in [5.74, 6) is -0.0443. The number of imidazole rings is 1. The first-order valence-electron chi connectivity index (χ1n) is 10.4. The fourth-order valence-corrected chi connectivity index (χ4v) is 5.39. The summed E-state index contributed by atoms with van der Waals surface area (Å²) in [5.41, 5.74) is 5.50. The van der Waals surface area contributed by atoms with Crippen LogP contribution in [0.1, 0.15) is 45.3 Å². The first kappa shape index (κ1) is 18.3. The highest BCUT2D eigenvalue weighted by Gasteiger charge is 2.37. The molecule has 0 saturated heterocycles. The number of carbonyl (C=O) groups is 1. The van der Waals surface area contributed by atoms with Gasteiger partial charge in [-0.3, -0.25) is 4.79 Å². The summed E-state index contributed by atoms with van der Waals surface area (Å²) in [7, 11) is 0. The van der Waals surface area contributed by atoms with Gasteiger partial charge in [0.1, 0.15) is 11.0 Å². The molecular weight excluding hydrogens is 408 g/mol. The van der Waals surface area contributed by atoms with Crippen molar-refractivity contribution in [2.75, 3.05) is 6.54 Å². The number of hydrogen-bond acceptors (Lipinski definition) is 5. The number of carbonyl (C=O) groups excluding carboxylic acids is 1. The number of benzene rings is 1. The van der Waals surface area contributed by atoms with Crippen LogP contribution in [0.15, 0.2) is 55.1 Å².